The normalized spacial score (nSPS) is 13.2. The van der Waals surface area contributed by atoms with E-state index < -0.39 is 0 Å². The Bertz CT molecular complexity index is 96.1. The Balaban J connectivity index is 3.05. The van der Waals surface area contributed by atoms with E-state index in [1.165, 1.54) is 25.7 Å². The topological polar surface area (TPSA) is 21.3 Å². The summed E-state index contributed by atoms with van der Waals surface area (Å²) in [6.07, 6.45) is 5.29. The molecule has 0 radical (unpaired) electrons. The molecule has 0 bridgehead atoms. The zero-order chi connectivity index (χ0) is 9.94. The summed E-state index contributed by atoms with van der Waals surface area (Å²) in [5, 5.41) is 3.39. The molecule has 0 aliphatic heterocycles. The highest BCUT2D eigenvalue weighted by molar-refractivity contribution is 4.55. The third-order valence-corrected chi connectivity index (χ3v) is 2.04. The molecule has 0 saturated carbocycles. The number of hydrogen-bond acceptors (Lipinski definition) is 2. The Labute approximate surface area is 83.1 Å². The van der Waals surface area contributed by atoms with Crippen LogP contribution in [0.1, 0.15) is 46.5 Å². The second kappa shape index (κ2) is 10.0. The molecule has 0 heterocycles. The number of nitrogens with one attached hydrogen (secondary N) is 1. The largest absolute Gasteiger partial charge is 0.377 e. The Hall–Kier alpha value is -0.0800. The predicted octanol–water partition coefficient (Wildman–Crippen LogP) is 2.58. The van der Waals surface area contributed by atoms with Gasteiger partial charge in [0, 0.05) is 13.2 Å². The van der Waals surface area contributed by atoms with Crippen molar-refractivity contribution in [3.05, 3.63) is 0 Å². The highest BCUT2D eigenvalue weighted by atomic mass is 16.5. The van der Waals surface area contributed by atoms with E-state index in [0.29, 0.717) is 6.10 Å². The minimum atomic E-state index is 0.364. The standard InChI is InChI=1S/C11H25NO/c1-4-6-8-12-10-11(3)13-9-7-5-2/h11-12H,4-10H2,1-3H3. The second-order valence-electron chi connectivity index (χ2n) is 3.59. The van der Waals surface area contributed by atoms with Crippen LogP contribution in [0.2, 0.25) is 0 Å². The van der Waals surface area contributed by atoms with Gasteiger partial charge in [0.1, 0.15) is 0 Å². The van der Waals surface area contributed by atoms with Crippen molar-refractivity contribution in [3.8, 4) is 0 Å². The molecule has 13 heavy (non-hydrogen) atoms. The lowest BCUT2D eigenvalue weighted by Gasteiger charge is -2.13. The van der Waals surface area contributed by atoms with E-state index >= 15 is 0 Å². The van der Waals surface area contributed by atoms with Crippen LogP contribution in [0.25, 0.3) is 0 Å². The molecule has 0 rings (SSSR count). The monoisotopic (exact) mass is 187 g/mol. The van der Waals surface area contributed by atoms with E-state index in [-0.39, 0.29) is 0 Å². The van der Waals surface area contributed by atoms with E-state index in [1.807, 2.05) is 0 Å². The Kier molecular flexibility index (Phi) is 9.94. The van der Waals surface area contributed by atoms with Crippen molar-refractivity contribution in [3.63, 3.8) is 0 Å². The highest BCUT2D eigenvalue weighted by Gasteiger charge is 1.99. The first kappa shape index (κ1) is 12.9. The van der Waals surface area contributed by atoms with Crippen molar-refractivity contribution in [2.75, 3.05) is 19.7 Å². The van der Waals surface area contributed by atoms with E-state index in [2.05, 4.69) is 26.1 Å². The van der Waals surface area contributed by atoms with Gasteiger partial charge in [-0.2, -0.15) is 0 Å². The summed E-state index contributed by atoms with van der Waals surface area (Å²) in [5.41, 5.74) is 0. The zero-order valence-electron chi connectivity index (χ0n) is 9.44. The molecule has 0 saturated heterocycles. The molecule has 2 nitrogen and oxygen atoms in total. The Morgan fingerprint density at radius 2 is 1.85 bits per heavy atom. The maximum absolute atomic E-state index is 5.60. The summed E-state index contributed by atoms with van der Waals surface area (Å²) in [4.78, 5) is 0. The molecule has 80 valence electrons. The molecule has 1 atom stereocenters. The van der Waals surface area contributed by atoms with Crippen LogP contribution in [0.5, 0.6) is 0 Å². The van der Waals surface area contributed by atoms with Crippen molar-refractivity contribution in [2.24, 2.45) is 0 Å². The van der Waals surface area contributed by atoms with Gasteiger partial charge in [0.2, 0.25) is 0 Å². The predicted molar refractivity (Wildman–Crippen MR) is 58.1 cm³/mol. The van der Waals surface area contributed by atoms with Crippen LogP contribution in [0.15, 0.2) is 0 Å². The van der Waals surface area contributed by atoms with Gasteiger partial charge in [0.15, 0.2) is 0 Å². The van der Waals surface area contributed by atoms with Crippen LogP contribution in [0.3, 0.4) is 0 Å². The summed E-state index contributed by atoms with van der Waals surface area (Å²) in [7, 11) is 0. The molecule has 0 amide bonds. The van der Waals surface area contributed by atoms with Gasteiger partial charge in [-0.3, -0.25) is 0 Å². The van der Waals surface area contributed by atoms with Gasteiger partial charge < -0.3 is 10.1 Å². The minimum absolute atomic E-state index is 0.364. The summed E-state index contributed by atoms with van der Waals surface area (Å²) < 4.78 is 5.60. The molecule has 0 aromatic carbocycles. The van der Waals surface area contributed by atoms with Crippen LogP contribution in [0.4, 0.5) is 0 Å². The highest BCUT2D eigenvalue weighted by Crippen LogP contribution is 1.93. The summed E-state index contributed by atoms with van der Waals surface area (Å²) >= 11 is 0. The van der Waals surface area contributed by atoms with Gasteiger partial charge in [-0.05, 0) is 26.3 Å². The lowest BCUT2D eigenvalue weighted by atomic mass is 10.3. The first-order chi connectivity index (χ1) is 6.31. The molecule has 0 spiro atoms. The van der Waals surface area contributed by atoms with E-state index in [4.69, 9.17) is 4.74 Å². The van der Waals surface area contributed by atoms with E-state index in [1.54, 1.807) is 0 Å². The van der Waals surface area contributed by atoms with Crippen molar-refractivity contribution < 1.29 is 4.74 Å². The van der Waals surface area contributed by atoms with Crippen LogP contribution in [0, 0.1) is 0 Å². The zero-order valence-corrected chi connectivity index (χ0v) is 9.44. The van der Waals surface area contributed by atoms with Gasteiger partial charge >= 0.3 is 0 Å². The van der Waals surface area contributed by atoms with Gasteiger partial charge in [-0.25, -0.2) is 0 Å². The van der Waals surface area contributed by atoms with Gasteiger partial charge in [-0.15, -0.1) is 0 Å². The number of unbranched alkanes of at least 4 members (excludes halogenated alkanes) is 2. The maximum atomic E-state index is 5.60. The maximum Gasteiger partial charge on any atom is 0.0671 e. The van der Waals surface area contributed by atoms with Crippen molar-refractivity contribution >= 4 is 0 Å². The number of hydrogen-bond donors (Lipinski definition) is 1. The first-order valence-electron chi connectivity index (χ1n) is 5.63. The molecule has 0 aliphatic carbocycles. The SMILES string of the molecule is CCCCNCC(C)OCCCC. The fourth-order valence-electron chi connectivity index (χ4n) is 1.09. The molecule has 1 unspecified atom stereocenters. The van der Waals surface area contributed by atoms with E-state index in [9.17, 15) is 0 Å². The van der Waals surface area contributed by atoms with Crippen LogP contribution < -0.4 is 5.32 Å². The first-order valence-corrected chi connectivity index (χ1v) is 5.63. The lowest BCUT2D eigenvalue weighted by Crippen LogP contribution is -2.27. The number of rotatable bonds is 9. The van der Waals surface area contributed by atoms with Gasteiger partial charge in [0.25, 0.3) is 0 Å². The molecule has 0 aliphatic rings. The fraction of sp³-hybridized carbons (Fsp3) is 1.00. The quantitative estimate of drug-likeness (QED) is 0.560. The molecule has 1 N–H and O–H groups in total. The molecule has 2 heteroatoms. The van der Waals surface area contributed by atoms with E-state index in [0.717, 1.165) is 19.7 Å². The molecule has 0 aromatic heterocycles. The smallest absolute Gasteiger partial charge is 0.0671 e. The average Bonchev–Trinajstić information content (AvgIpc) is 2.13. The second-order valence-corrected chi connectivity index (χ2v) is 3.59. The van der Waals surface area contributed by atoms with Crippen LogP contribution >= 0.6 is 0 Å². The van der Waals surface area contributed by atoms with Gasteiger partial charge in [0.05, 0.1) is 6.10 Å². The van der Waals surface area contributed by atoms with Crippen molar-refractivity contribution in [1.29, 1.82) is 0 Å². The summed E-state index contributed by atoms with van der Waals surface area (Å²) in [6.45, 7) is 9.56. The summed E-state index contributed by atoms with van der Waals surface area (Å²) in [6, 6.07) is 0. The molecular weight excluding hydrogens is 162 g/mol. The third-order valence-electron chi connectivity index (χ3n) is 2.04. The van der Waals surface area contributed by atoms with Gasteiger partial charge in [-0.1, -0.05) is 26.7 Å². The van der Waals surface area contributed by atoms with Crippen LogP contribution in [-0.2, 0) is 4.74 Å². The molecule has 0 aromatic rings. The third kappa shape index (κ3) is 9.84. The average molecular weight is 187 g/mol. The lowest BCUT2D eigenvalue weighted by molar-refractivity contribution is 0.0640. The molecule has 0 fully saturated rings. The molecular formula is C11H25NO. The summed E-state index contributed by atoms with van der Waals surface area (Å²) in [5.74, 6) is 0. The fourth-order valence-corrected chi connectivity index (χ4v) is 1.09. The van der Waals surface area contributed by atoms with Crippen molar-refractivity contribution in [1.82, 2.24) is 5.32 Å². The Morgan fingerprint density at radius 1 is 1.15 bits per heavy atom. The number of ether oxygens (including phenoxy) is 1. The Morgan fingerprint density at radius 3 is 2.46 bits per heavy atom. The van der Waals surface area contributed by atoms with Crippen molar-refractivity contribution in [2.45, 2.75) is 52.6 Å². The minimum Gasteiger partial charge on any atom is -0.377 e. The van der Waals surface area contributed by atoms with Crippen LogP contribution in [-0.4, -0.2) is 25.8 Å².